The van der Waals surface area contributed by atoms with Crippen molar-refractivity contribution in [3.05, 3.63) is 42.2 Å². The molecule has 1 fully saturated rings. The molecule has 8 heteroatoms. The zero-order chi connectivity index (χ0) is 18.1. The van der Waals surface area contributed by atoms with Crippen LogP contribution in [0.2, 0.25) is 0 Å². The van der Waals surface area contributed by atoms with Gasteiger partial charge in [-0.1, -0.05) is 18.2 Å². The number of anilines is 1. The minimum Gasteiger partial charge on any atom is -0.466 e. The van der Waals surface area contributed by atoms with Crippen molar-refractivity contribution in [3.63, 3.8) is 0 Å². The molecule has 1 aliphatic rings. The lowest BCUT2D eigenvalue weighted by molar-refractivity contribution is -0.144. The molecule has 2 N–H and O–H groups in total. The SMILES string of the molecule is CCOC(=O)[C@@H]1C[C@H]1c1cnc(N)c(-c2nnc(-c3ccccc3)o2)n1. The molecule has 2 atom stereocenters. The Morgan fingerprint density at radius 3 is 2.81 bits per heavy atom. The van der Waals surface area contributed by atoms with Crippen LogP contribution in [-0.2, 0) is 9.53 Å². The van der Waals surface area contributed by atoms with Crippen molar-refractivity contribution in [3.8, 4) is 23.0 Å². The second kappa shape index (κ2) is 6.55. The molecule has 26 heavy (non-hydrogen) atoms. The predicted octanol–water partition coefficient (Wildman–Crippen LogP) is 2.44. The lowest BCUT2D eigenvalue weighted by Gasteiger charge is -2.04. The topological polar surface area (TPSA) is 117 Å². The smallest absolute Gasteiger partial charge is 0.309 e. The van der Waals surface area contributed by atoms with Gasteiger partial charge < -0.3 is 14.9 Å². The monoisotopic (exact) mass is 351 g/mol. The molecule has 3 aromatic rings. The van der Waals surface area contributed by atoms with E-state index in [1.54, 1.807) is 13.1 Å². The average Bonchev–Trinajstić information content (AvgIpc) is 3.32. The van der Waals surface area contributed by atoms with Crippen LogP contribution in [0.1, 0.15) is 25.0 Å². The molecule has 1 aromatic carbocycles. The fourth-order valence-corrected chi connectivity index (χ4v) is 2.80. The van der Waals surface area contributed by atoms with Gasteiger partial charge in [0.05, 0.1) is 24.4 Å². The van der Waals surface area contributed by atoms with E-state index in [2.05, 4.69) is 20.2 Å². The van der Waals surface area contributed by atoms with E-state index < -0.39 is 0 Å². The van der Waals surface area contributed by atoms with Crippen molar-refractivity contribution >= 4 is 11.8 Å². The summed E-state index contributed by atoms with van der Waals surface area (Å²) in [6, 6.07) is 9.42. The fraction of sp³-hybridized carbons (Fsp3) is 0.278. The van der Waals surface area contributed by atoms with Gasteiger partial charge in [0.15, 0.2) is 11.5 Å². The van der Waals surface area contributed by atoms with E-state index in [4.69, 9.17) is 14.9 Å². The summed E-state index contributed by atoms with van der Waals surface area (Å²) in [6.45, 7) is 2.15. The molecule has 0 bridgehead atoms. The third-order valence-electron chi connectivity index (χ3n) is 4.23. The minimum atomic E-state index is -0.207. The zero-order valence-electron chi connectivity index (χ0n) is 14.1. The Morgan fingerprint density at radius 2 is 2.04 bits per heavy atom. The Hall–Kier alpha value is -3.29. The predicted molar refractivity (Wildman–Crippen MR) is 92.7 cm³/mol. The van der Waals surface area contributed by atoms with Crippen LogP contribution in [0.5, 0.6) is 0 Å². The molecular formula is C18H17N5O3. The van der Waals surface area contributed by atoms with Gasteiger partial charge in [0.2, 0.25) is 5.89 Å². The molecule has 0 saturated heterocycles. The van der Waals surface area contributed by atoms with Gasteiger partial charge in [-0.2, -0.15) is 0 Å². The summed E-state index contributed by atoms with van der Waals surface area (Å²) in [5.74, 6) is 0.375. The number of ether oxygens (including phenoxy) is 1. The van der Waals surface area contributed by atoms with Gasteiger partial charge in [-0.25, -0.2) is 9.97 Å². The van der Waals surface area contributed by atoms with Crippen LogP contribution in [-0.4, -0.2) is 32.7 Å². The number of aromatic nitrogens is 4. The molecule has 0 spiro atoms. The van der Waals surface area contributed by atoms with Crippen LogP contribution in [0.4, 0.5) is 5.82 Å². The maximum atomic E-state index is 11.8. The van der Waals surface area contributed by atoms with Crippen LogP contribution in [0.15, 0.2) is 40.9 Å². The van der Waals surface area contributed by atoms with Gasteiger partial charge in [0.25, 0.3) is 5.89 Å². The fourth-order valence-electron chi connectivity index (χ4n) is 2.80. The van der Waals surface area contributed by atoms with Crippen LogP contribution < -0.4 is 5.73 Å². The minimum absolute atomic E-state index is 0.0163. The molecule has 2 aromatic heterocycles. The van der Waals surface area contributed by atoms with Gasteiger partial charge in [-0.3, -0.25) is 4.79 Å². The summed E-state index contributed by atoms with van der Waals surface area (Å²) in [6.07, 6.45) is 2.27. The van der Waals surface area contributed by atoms with E-state index >= 15 is 0 Å². The molecule has 2 heterocycles. The van der Waals surface area contributed by atoms with E-state index in [0.717, 1.165) is 5.56 Å². The Kier molecular flexibility index (Phi) is 4.08. The summed E-state index contributed by atoms with van der Waals surface area (Å²) >= 11 is 0. The highest BCUT2D eigenvalue weighted by atomic mass is 16.5. The van der Waals surface area contributed by atoms with E-state index in [-0.39, 0.29) is 29.5 Å². The molecule has 1 saturated carbocycles. The van der Waals surface area contributed by atoms with Crippen molar-refractivity contribution < 1.29 is 13.9 Å². The van der Waals surface area contributed by atoms with Crippen molar-refractivity contribution in [1.29, 1.82) is 0 Å². The van der Waals surface area contributed by atoms with Gasteiger partial charge in [-0.05, 0) is 25.5 Å². The molecule has 0 unspecified atom stereocenters. The normalized spacial score (nSPS) is 18.5. The Bertz CT molecular complexity index is 941. The number of esters is 1. The van der Waals surface area contributed by atoms with Crippen LogP contribution in [0.25, 0.3) is 23.0 Å². The summed E-state index contributed by atoms with van der Waals surface area (Å²) < 4.78 is 10.8. The summed E-state index contributed by atoms with van der Waals surface area (Å²) in [5, 5.41) is 8.08. The molecular weight excluding hydrogens is 334 g/mol. The third kappa shape index (κ3) is 3.01. The first-order valence-electron chi connectivity index (χ1n) is 8.35. The third-order valence-corrected chi connectivity index (χ3v) is 4.23. The number of hydrogen-bond donors (Lipinski definition) is 1. The van der Waals surface area contributed by atoms with E-state index in [0.29, 0.717) is 30.3 Å². The van der Waals surface area contributed by atoms with E-state index in [1.807, 2.05) is 30.3 Å². The molecule has 1 aliphatic carbocycles. The number of hydrogen-bond acceptors (Lipinski definition) is 8. The Balaban J connectivity index is 1.60. The lowest BCUT2D eigenvalue weighted by Crippen LogP contribution is -2.08. The number of carbonyl (C=O) groups is 1. The average molecular weight is 351 g/mol. The number of carbonyl (C=O) groups excluding carboxylic acids is 1. The lowest BCUT2D eigenvalue weighted by atomic mass is 10.2. The highest BCUT2D eigenvalue weighted by Gasteiger charge is 2.46. The van der Waals surface area contributed by atoms with E-state index in [9.17, 15) is 4.79 Å². The summed E-state index contributed by atoms with van der Waals surface area (Å²) in [7, 11) is 0. The second-order valence-corrected chi connectivity index (χ2v) is 6.01. The molecule has 8 nitrogen and oxygen atoms in total. The maximum Gasteiger partial charge on any atom is 0.309 e. The quantitative estimate of drug-likeness (QED) is 0.697. The molecule has 0 amide bonds. The number of nitrogens with zero attached hydrogens (tertiary/aromatic N) is 4. The second-order valence-electron chi connectivity index (χ2n) is 6.01. The molecule has 0 aliphatic heterocycles. The highest BCUT2D eigenvalue weighted by molar-refractivity contribution is 5.77. The number of benzene rings is 1. The standard InChI is InChI=1S/C18H17N5O3/c1-2-25-18(24)12-8-11(12)13-9-20-15(19)14(21-13)17-23-22-16(26-17)10-6-4-3-5-7-10/h3-7,9,11-12H,2,8H2,1H3,(H2,19,20)/t11-,12-/m1/s1. The number of nitrogen functional groups attached to an aromatic ring is 1. The van der Waals surface area contributed by atoms with Crippen LogP contribution in [0, 0.1) is 5.92 Å². The molecule has 4 rings (SSSR count). The van der Waals surface area contributed by atoms with Crippen molar-refractivity contribution in [2.75, 3.05) is 12.3 Å². The van der Waals surface area contributed by atoms with E-state index in [1.165, 1.54) is 0 Å². The summed E-state index contributed by atoms with van der Waals surface area (Å²) in [4.78, 5) is 20.5. The van der Waals surface area contributed by atoms with Crippen molar-refractivity contribution in [1.82, 2.24) is 20.2 Å². The van der Waals surface area contributed by atoms with Gasteiger partial charge >= 0.3 is 5.97 Å². The first-order chi connectivity index (χ1) is 12.7. The number of nitrogens with two attached hydrogens (primary N) is 1. The van der Waals surface area contributed by atoms with Crippen LogP contribution in [0.3, 0.4) is 0 Å². The highest BCUT2D eigenvalue weighted by Crippen LogP contribution is 2.47. The van der Waals surface area contributed by atoms with Gasteiger partial charge in [0, 0.05) is 11.5 Å². The van der Waals surface area contributed by atoms with Crippen molar-refractivity contribution in [2.45, 2.75) is 19.3 Å². The Morgan fingerprint density at radius 1 is 1.27 bits per heavy atom. The molecule has 0 radical (unpaired) electrons. The first kappa shape index (κ1) is 16.2. The first-order valence-corrected chi connectivity index (χ1v) is 8.35. The van der Waals surface area contributed by atoms with Gasteiger partial charge in [-0.15, -0.1) is 10.2 Å². The van der Waals surface area contributed by atoms with Crippen molar-refractivity contribution in [2.24, 2.45) is 5.92 Å². The number of rotatable bonds is 5. The molecule has 132 valence electrons. The summed E-state index contributed by atoms with van der Waals surface area (Å²) in [5.41, 5.74) is 7.74. The maximum absolute atomic E-state index is 11.8. The largest absolute Gasteiger partial charge is 0.466 e. The van der Waals surface area contributed by atoms with Gasteiger partial charge in [0.1, 0.15) is 0 Å². The zero-order valence-corrected chi connectivity index (χ0v) is 14.1. The Labute approximate surface area is 149 Å². The van der Waals surface area contributed by atoms with Crippen LogP contribution >= 0.6 is 0 Å².